The fourth-order valence-corrected chi connectivity index (χ4v) is 2.50. The normalized spacial score (nSPS) is 15.6. The van der Waals surface area contributed by atoms with E-state index >= 15 is 0 Å². The monoisotopic (exact) mass is 291 g/mol. The quantitative estimate of drug-likeness (QED) is 0.753. The maximum atomic E-state index is 12.4. The largest absolute Gasteiger partial charge is 0.399 e. The van der Waals surface area contributed by atoms with Crippen LogP contribution in [0.4, 0.5) is 11.4 Å². The first kappa shape index (κ1) is 15.6. The second-order valence-electron chi connectivity index (χ2n) is 6.10. The molecule has 1 saturated carbocycles. The molecule has 1 fully saturated rings. The molecule has 1 aromatic rings. The average Bonchev–Trinajstić information content (AvgIpc) is 3.22. The van der Waals surface area contributed by atoms with Crippen LogP contribution >= 0.6 is 0 Å². The van der Waals surface area contributed by atoms with Crippen LogP contribution in [0.2, 0.25) is 0 Å². The molecule has 0 atom stereocenters. The van der Waals surface area contributed by atoms with Crippen molar-refractivity contribution in [1.82, 2.24) is 5.32 Å². The molecular formula is C16H25N3O2. The van der Waals surface area contributed by atoms with E-state index in [1.54, 1.807) is 13.2 Å². The SMILES string of the molecule is COCCC1(CNC(=O)c2cc(N)ccc2N(C)C)CC1. The minimum atomic E-state index is -0.0605. The first-order chi connectivity index (χ1) is 9.97. The zero-order valence-corrected chi connectivity index (χ0v) is 13.1. The summed E-state index contributed by atoms with van der Waals surface area (Å²) in [6.45, 7) is 1.45. The molecular weight excluding hydrogens is 266 g/mol. The third kappa shape index (κ3) is 3.88. The summed E-state index contributed by atoms with van der Waals surface area (Å²) >= 11 is 0. The van der Waals surface area contributed by atoms with Crippen LogP contribution in [0.5, 0.6) is 0 Å². The van der Waals surface area contributed by atoms with Gasteiger partial charge in [-0.1, -0.05) is 0 Å². The molecule has 116 valence electrons. The van der Waals surface area contributed by atoms with E-state index in [9.17, 15) is 4.79 Å². The lowest BCUT2D eigenvalue weighted by molar-refractivity contribution is 0.0938. The third-order valence-corrected chi connectivity index (χ3v) is 4.16. The number of anilines is 2. The van der Waals surface area contributed by atoms with Crippen molar-refractivity contribution < 1.29 is 9.53 Å². The van der Waals surface area contributed by atoms with Crippen LogP contribution in [-0.4, -0.2) is 40.3 Å². The fraction of sp³-hybridized carbons (Fsp3) is 0.562. The summed E-state index contributed by atoms with van der Waals surface area (Å²) in [4.78, 5) is 14.4. The van der Waals surface area contributed by atoms with Gasteiger partial charge in [-0.3, -0.25) is 4.79 Å². The summed E-state index contributed by atoms with van der Waals surface area (Å²) in [7, 11) is 5.55. The molecule has 0 radical (unpaired) electrons. The Balaban J connectivity index is 2.02. The Kier molecular flexibility index (Phi) is 4.73. The van der Waals surface area contributed by atoms with Gasteiger partial charge in [-0.05, 0) is 42.9 Å². The number of nitrogens with zero attached hydrogens (tertiary/aromatic N) is 1. The Bertz CT molecular complexity index is 510. The molecule has 0 unspecified atom stereocenters. The molecule has 0 bridgehead atoms. The van der Waals surface area contributed by atoms with Crippen molar-refractivity contribution in [2.75, 3.05) is 45.0 Å². The number of nitrogen functional groups attached to an aromatic ring is 1. The lowest BCUT2D eigenvalue weighted by atomic mass is 10.0. The molecule has 0 aliphatic heterocycles. The number of carbonyl (C=O) groups is 1. The molecule has 21 heavy (non-hydrogen) atoms. The summed E-state index contributed by atoms with van der Waals surface area (Å²) in [5.74, 6) is -0.0605. The van der Waals surface area contributed by atoms with Crippen LogP contribution in [0.15, 0.2) is 18.2 Å². The number of nitrogens with two attached hydrogens (primary N) is 1. The Hall–Kier alpha value is -1.75. The second kappa shape index (κ2) is 6.35. The molecule has 1 amide bonds. The molecule has 5 nitrogen and oxygen atoms in total. The Morgan fingerprint density at radius 2 is 2.14 bits per heavy atom. The number of methoxy groups -OCH3 is 1. The molecule has 0 heterocycles. The smallest absolute Gasteiger partial charge is 0.253 e. The van der Waals surface area contributed by atoms with Gasteiger partial charge in [-0.2, -0.15) is 0 Å². The highest BCUT2D eigenvalue weighted by molar-refractivity contribution is 6.00. The predicted octanol–water partition coefficient (Wildman–Crippen LogP) is 1.88. The summed E-state index contributed by atoms with van der Waals surface area (Å²) in [6.07, 6.45) is 3.32. The summed E-state index contributed by atoms with van der Waals surface area (Å²) < 4.78 is 5.14. The molecule has 0 spiro atoms. The van der Waals surface area contributed by atoms with Gasteiger partial charge in [0.2, 0.25) is 0 Å². The first-order valence-electron chi connectivity index (χ1n) is 7.31. The molecule has 3 N–H and O–H groups in total. The van der Waals surface area contributed by atoms with Gasteiger partial charge in [-0.15, -0.1) is 0 Å². The number of ether oxygens (including phenoxy) is 1. The average molecular weight is 291 g/mol. The van der Waals surface area contributed by atoms with Crippen LogP contribution in [0.3, 0.4) is 0 Å². The third-order valence-electron chi connectivity index (χ3n) is 4.16. The number of carbonyl (C=O) groups excluding carboxylic acids is 1. The van der Waals surface area contributed by atoms with E-state index in [1.807, 2.05) is 31.1 Å². The van der Waals surface area contributed by atoms with Crippen molar-refractivity contribution in [1.29, 1.82) is 0 Å². The first-order valence-corrected chi connectivity index (χ1v) is 7.31. The highest BCUT2D eigenvalue weighted by Crippen LogP contribution is 2.48. The van der Waals surface area contributed by atoms with Crippen LogP contribution in [0, 0.1) is 5.41 Å². The maximum Gasteiger partial charge on any atom is 0.253 e. The van der Waals surface area contributed by atoms with E-state index in [0.717, 1.165) is 31.6 Å². The molecule has 1 aliphatic rings. The van der Waals surface area contributed by atoms with E-state index in [2.05, 4.69) is 5.32 Å². The highest BCUT2D eigenvalue weighted by Gasteiger charge is 2.42. The topological polar surface area (TPSA) is 67.6 Å². The lowest BCUT2D eigenvalue weighted by Gasteiger charge is -2.19. The molecule has 2 rings (SSSR count). The molecule has 1 aliphatic carbocycles. The number of rotatable bonds is 7. The second-order valence-corrected chi connectivity index (χ2v) is 6.10. The van der Waals surface area contributed by atoms with Gasteiger partial charge in [0.05, 0.1) is 5.56 Å². The molecule has 0 aromatic heterocycles. The highest BCUT2D eigenvalue weighted by atomic mass is 16.5. The van der Waals surface area contributed by atoms with Gasteiger partial charge < -0.3 is 20.7 Å². The van der Waals surface area contributed by atoms with Crippen molar-refractivity contribution in [2.45, 2.75) is 19.3 Å². The summed E-state index contributed by atoms with van der Waals surface area (Å²) in [5.41, 5.74) is 8.16. The lowest BCUT2D eigenvalue weighted by Crippen LogP contribution is -2.32. The van der Waals surface area contributed by atoms with Crippen LogP contribution < -0.4 is 16.0 Å². The number of amides is 1. The zero-order valence-electron chi connectivity index (χ0n) is 13.1. The van der Waals surface area contributed by atoms with E-state index < -0.39 is 0 Å². The van der Waals surface area contributed by atoms with Gasteiger partial charge in [0, 0.05) is 45.7 Å². The standard InChI is InChI=1S/C16H25N3O2/c1-19(2)14-5-4-12(17)10-13(14)15(20)18-11-16(6-7-16)8-9-21-3/h4-5,10H,6-9,11,17H2,1-3H3,(H,18,20). The zero-order chi connectivity index (χ0) is 15.5. The van der Waals surface area contributed by atoms with Gasteiger partial charge >= 0.3 is 0 Å². The number of hydrogen-bond donors (Lipinski definition) is 2. The van der Waals surface area contributed by atoms with E-state index in [1.165, 1.54) is 0 Å². The Labute approximate surface area is 126 Å². The minimum absolute atomic E-state index is 0.0605. The van der Waals surface area contributed by atoms with Crippen molar-refractivity contribution >= 4 is 17.3 Å². The van der Waals surface area contributed by atoms with Crippen molar-refractivity contribution in [3.05, 3.63) is 23.8 Å². The van der Waals surface area contributed by atoms with Crippen LogP contribution in [-0.2, 0) is 4.74 Å². The van der Waals surface area contributed by atoms with Crippen LogP contribution in [0.1, 0.15) is 29.6 Å². The van der Waals surface area contributed by atoms with Gasteiger partial charge in [0.25, 0.3) is 5.91 Å². The maximum absolute atomic E-state index is 12.4. The van der Waals surface area contributed by atoms with E-state index in [4.69, 9.17) is 10.5 Å². The number of hydrogen-bond acceptors (Lipinski definition) is 4. The molecule has 1 aromatic carbocycles. The van der Waals surface area contributed by atoms with E-state index in [-0.39, 0.29) is 11.3 Å². The Morgan fingerprint density at radius 1 is 1.43 bits per heavy atom. The van der Waals surface area contributed by atoms with Gasteiger partial charge in [-0.25, -0.2) is 0 Å². The Morgan fingerprint density at radius 3 is 2.71 bits per heavy atom. The van der Waals surface area contributed by atoms with Crippen molar-refractivity contribution in [2.24, 2.45) is 5.41 Å². The van der Waals surface area contributed by atoms with E-state index in [0.29, 0.717) is 17.8 Å². The van der Waals surface area contributed by atoms with Crippen molar-refractivity contribution in [3.8, 4) is 0 Å². The fourth-order valence-electron chi connectivity index (χ4n) is 2.50. The van der Waals surface area contributed by atoms with Gasteiger partial charge in [0.1, 0.15) is 0 Å². The van der Waals surface area contributed by atoms with Crippen molar-refractivity contribution in [3.63, 3.8) is 0 Å². The number of benzene rings is 1. The predicted molar refractivity (Wildman–Crippen MR) is 85.7 cm³/mol. The summed E-state index contributed by atoms with van der Waals surface area (Å²) in [6, 6.07) is 5.43. The molecule has 5 heteroatoms. The summed E-state index contributed by atoms with van der Waals surface area (Å²) in [5, 5.41) is 3.06. The minimum Gasteiger partial charge on any atom is -0.399 e. The van der Waals surface area contributed by atoms with Gasteiger partial charge in [0.15, 0.2) is 0 Å². The number of nitrogens with one attached hydrogen (secondary N) is 1. The van der Waals surface area contributed by atoms with Crippen LogP contribution in [0.25, 0.3) is 0 Å². The molecule has 0 saturated heterocycles.